The lowest BCUT2D eigenvalue weighted by molar-refractivity contribution is -0.735. The highest BCUT2D eigenvalue weighted by Gasteiger charge is 2.36. The molecule has 84 valence electrons. The largest absolute Gasteiger partial charge is 0.418 e. The van der Waals surface area contributed by atoms with E-state index in [9.17, 15) is 15.6 Å². The first-order valence-electron chi connectivity index (χ1n) is 3.94. The van der Waals surface area contributed by atoms with Crippen molar-refractivity contribution >= 4 is 17.1 Å². The van der Waals surface area contributed by atoms with Gasteiger partial charge in [-0.3, -0.25) is 15.6 Å². The fourth-order valence-electron chi connectivity index (χ4n) is 1.30. The summed E-state index contributed by atoms with van der Waals surface area (Å²) < 4.78 is 0. The molecule has 0 atom stereocenters. The first kappa shape index (κ1) is 10.9. The van der Waals surface area contributed by atoms with Gasteiger partial charge in [-0.1, -0.05) is 0 Å². The van der Waals surface area contributed by atoms with E-state index < -0.39 is 14.7 Å². The molecule has 0 radical (unpaired) electrons. The molecule has 0 heterocycles. The van der Waals surface area contributed by atoms with Gasteiger partial charge in [-0.05, 0) is 0 Å². The summed E-state index contributed by atoms with van der Waals surface area (Å²) in [5.41, 5.74) is -0.636. The van der Waals surface area contributed by atoms with Crippen LogP contribution in [-0.2, 0) is 0 Å². The molecule has 0 aromatic carbocycles. The van der Waals surface area contributed by atoms with Gasteiger partial charge < -0.3 is 15.6 Å². The summed E-state index contributed by atoms with van der Waals surface area (Å²) in [6.45, 7) is 0. The van der Waals surface area contributed by atoms with Crippen LogP contribution in [0, 0.1) is 15.6 Å². The van der Waals surface area contributed by atoms with Crippen molar-refractivity contribution in [1.82, 2.24) is 0 Å². The van der Waals surface area contributed by atoms with Crippen molar-refractivity contribution in [2.45, 2.75) is 19.3 Å². The maximum atomic E-state index is 10.5. The molecule has 0 unspecified atom stereocenters. The summed E-state index contributed by atoms with van der Waals surface area (Å²) in [6, 6.07) is 0. The molecule has 1 aliphatic rings. The molecule has 0 saturated heterocycles. The SMILES string of the molecule is [O-][N+](O)=C1CC(=[N+]([O-])O)CC(=[N+]([O-])O)C1. The molecule has 1 aliphatic carbocycles. The van der Waals surface area contributed by atoms with E-state index in [2.05, 4.69) is 0 Å². The summed E-state index contributed by atoms with van der Waals surface area (Å²) in [4.78, 5) is -1.48. The van der Waals surface area contributed by atoms with Crippen molar-refractivity contribution in [2.24, 2.45) is 0 Å². The van der Waals surface area contributed by atoms with E-state index in [0.717, 1.165) is 0 Å². The van der Waals surface area contributed by atoms with E-state index in [1.165, 1.54) is 0 Å². The van der Waals surface area contributed by atoms with Gasteiger partial charge in [0.25, 0.3) is 0 Å². The van der Waals surface area contributed by atoms with Crippen molar-refractivity contribution in [3.63, 3.8) is 0 Å². The normalized spacial score (nSPS) is 16.4. The van der Waals surface area contributed by atoms with Crippen LogP contribution < -0.4 is 0 Å². The van der Waals surface area contributed by atoms with Crippen LogP contribution in [0.5, 0.6) is 0 Å². The Balaban J connectivity index is 3.10. The average molecular weight is 219 g/mol. The highest BCUT2D eigenvalue weighted by Crippen LogP contribution is 2.10. The van der Waals surface area contributed by atoms with Crippen LogP contribution >= 0.6 is 0 Å². The number of nitrogens with zero attached hydrogens (tertiary/aromatic N) is 3. The highest BCUT2D eigenvalue weighted by atomic mass is 16.8. The van der Waals surface area contributed by atoms with Gasteiger partial charge in [0.15, 0.2) is 0 Å². The second-order valence-electron chi connectivity index (χ2n) is 3.05. The third kappa shape index (κ3) is 2.39. The summed E-state index contributed by atoms with van der Waals surface area (Å²) >= 11 is 0. The molecule has 0 bridgehead atoms. The van der Waals surface area contributed by atoms with Gasteiger partial charge in [0.1, 0.15) is 19.3 Å². The van der Waals surface area contributed by atoms with E-state index in [1.807, 2.05) is 0 Å². The van der Waals surface area contributed by atoms with Crippen LogP contribution in [0.25, 0.3) is 0 Å². The molecule has 0 spiro atoms. The molecular weight excluding hydrogens is 210 g/mol. The lowest BCUT2D eigenvalue weighted by Crippen LogP contribution is -2.34. The lowest BCUT2D eigenvalue weighted by Gasteiger charge is -2.08. The second kappa shape index (κ2) is 3.90. The molecule has 1 saturated carbocycles. The van der Waals surface area contributed by atoms with E-state index in [-0.39, 0.29) is 36.4 Å². The van der Waals surface area contributed by atoms with Crippen molar-refractivity contribution in [1.29, 1.82) is 0 Å². The van der Waals surface area contributed by atoms with Gasteiger partial charge in [-0.2, -0.15) is 0 Å². The van der Waals surface area contributed by atoms with E-state index >= 15 is 0 Å². The first-order valence-corrected chi connectivity index (χ1v) is 3.94. The Bertz CT molecular complexity index is 290. The topological polar surface area (TPSA) is 139 Å². The standard InChI is InChI=1S/C6H9N3O6/c10-7(11)4-1-5(8(12)13)3-6(2-4)9(14)15/h1-3H2,(H,10,11)(H,12,13)(H,14,15). The first-order chi connectivity index (χ1) is 6.91. The summed E-state index contributed by atoms with van der Waals surface area (Å²) in [5, 5.41) is 57.4. The third-order valence-corrected chi connectivity index (χ3v) is 2.04. The summed E-state index contributed by atoms with van der Waals surface area (Å²) in [6.07, 6.45) is -0.758. The zero-order valence-electron chi connectivity index (χ0n) is 7.53. The van der Waals surface area contributed by atoms with Crippen LogP contribution in [0.1, 0.15) is 19.3 Å². The Labute approximate surface area is 83.4 Å². The van der Waals surface area contributed by atoms with Gasteiger partial charge in [-0.25, -0.2) is 0 Å². The van der Waals surface area contributed by atoms with Crippen molar-refractivity contribution in [3.8, 4) is 0 Å². The van der Waals surface area contributed by atoms with Crippen LogP contribution in [-0.4, -0.2) is 47.5 Å². The van der Waals surface area contributed by atoms with Crippen LogP contribution in [0.2, 0.25) is 0 Å². The molecule has 3 N–H and O–H groups in total. The van der Waals surface area contributed by atoms with Crippen molar-refractivity contribution < 1.29 is 30.3 Å². The van der Waals surface area contributed by atoms with Crippen LogP contribution in [0.15, 0.2) is 0 Å². The Morgan fingerprint density at radius 3 is 1.00 bits per heavy atom. The molecule has 0 aromatic heterocycles. The van der Waals surface area contributed by atoms with Gasteiger partial charge in [0, 0.05) is 14.7 Å². The van der Waals surface area contributed by atoms with Crippen LogP contribution in [0.4, 0.5) is 0 Å². The number of hydrogen-bond acceptors (Lipinski definition) is 6. The van der Waals surface area contributed by atoms with Gasteiger partial charge in [-0.15, -0.1) is 0 Å². The molecule has 1 rings (SSSR count). The molecule has 0 amide bonds. The maximum absolute atomic E-state index is 10.5. The predicted octanol–water partition coefficient (Wildman–Crippen LogP) is -0.808. The lowest BCUT2D eigenvalue weighted by atomic mass is 9.94. The Morgan fingerprint density at radius 2 is 0.867 bits per heavy atom. The Morgan fingerprint density at radius 1 is 0.667 bits per heavy atom. The van der Waals surface area contributed by atoms with Crippen LogP contribution in [0.3, 0.4) is 0 Å². The zero-order chi connectivity index (χ0) is 11.6. The highest BCUT2D eigenvalue weighted by molar-refractivity contribution is 6.19. The summed E-state index contributed by atoms with van der Waals surface area (Å²) in [7, 11) is 0. The monoisotopic (exact) mass is 219 g/mol. The Hall–Kier alpha value is -2.19. The van der Waals surface area contributed by atoms with Crippen molar-refractivity contribution in [2.75, 3.05) is 0 Å². The zero-order valence-corrected chi connectivity index (χ0v) is 7.53. The van der Waals surface area contributed by atoms with E-state index in [1.54, 1.807) is 0 Å². The number of hydrogen-bond donors (Lipinski definition) is 3. The average Bonchev–Trinajstić information content (AvgIpc) is 2.16. The molecule has 15 heavy (non-hydrogen) atoms. The molecule has 9 nitrogen and oxygen atoms in total. The molecule has 1 fully saturated rings. The van der Waals surface area contributed by atoms with E-state index in [0.29, 0.717) is 0 Å². The molecular formula is C6H9N3O6. The second-order valence-corrected chi connectivity index (χ2v) is 3.05. The third-order valence-electron chi connectivity index (χ3n) is 2.04. The maximum Gasteiger partial charge on any atom is 0.242 e. The minimum absolute atomic E-state index is 0.212. The van der Waals surface area contributed by atoms with Gasteiger partial charge >= 0.3 is 0 Å². The smallest absolute Gasteiger partial charge is 0.242 e. The molecule has 0 aromatic rings. The van der Waals surface area contributed by atoms with E-state index in [4.69, 9.17) is 15.6 Å². The predicted molar refractivity (Wildman–Crippen MR) is 45.1 cm³/mol. The molecule has 0 aliphatic heterocycles. The molecule has 9 heteroatoms. The summed E-state index contributed by atoms with van der Waals surface area (Å²) in [5.74, 6) is 0. The quantitative estimate of drug-likeness (QED) is 0.276. The minimum Gasteiger partial charge on any atom is -0.418 e. The number of rotatable bonds is 0. The van der Waals surface area contributed by atoms with Crippen molar-refractivity contribution in [3.05, 3.63) is 15.6 Å². The fourth-order valence-corrected chi connectivity index (χ4v) is 1.30. The Kier molecular flexibility index (Phi) is 2.83. The van der Waals surface area contributed by atoms with Gasteiger partial charge in [0.05, 0.1) is 0 Å². The minimum atomic E-state index is -0.494. The van der Waals surface area contributed by atoms with Gasteiger partial charge in [0.2, 0.25) is 17.1 Å². The fraction of sp³-hybridized carbons (Fsp3) is 0.500.